The normalized spacial score (nSPS) is 16.4. The molecule has 3 rings (SSSR count). The van der Waals surface area contributed by atoms with E-state index in [-0.39, 0.29) is 29.3 Å². The lowest BCUT2D eigenvalue weighted by molar-refractivity contribution is -0.119. The number of hydrogen-bond donors (Lipinski definition) is 2. The fourth-order valence-corrected chi connectivity index (χ4v) is 2.89. The smallest absolute Gasteiger partial charge is 0.526 e. The Bertz CT molecular complexity index is 747. The van der Waals surface area contributed by atoms with Crippen LogP contribution >= 0.6 is 0 Å². The van der Waals surface area contributed by atoms with Gasteiger partial charge in [-0.15, -0.1) is 0 Å². The molecular weight excluding hydrogens is 311 g/mol. The number of aromatic carboxylic acids is 1. The van der Waals surface area contributed by atoms with Crippen LogP contribution in [0.4, 0.5) is 0 Å². The van der Waals surface area contributed by atoms with Crippen LogP contribution in [-0.4, -0.2) is 38.8 Å². The Kier molecular flexibility index (Phi) is 4.66. The van der Waals surface area contributed by atoms with Crippen molar-refractivity contribution in [2.75, 3.05) is 0 Å². The maximum Gasteiger partial charge on any atom is 0.526 e. The molecule has 1 atom stereocenters. The summed E-state index contributed by atoms with van der Waals surface area (Å²) >= 11 is 0. The second kappa shape index (κ2) is 6.88. The zero-order chi connectivity index (χ0) is 17.1. The molecule has 2 heterocycles. The summed E-state index contributed by atoms with van der Waals surface area (Å²) in [6.07, 6.45) is 4.35. The van der Waals surface area contributed by atoms with Crippen molar-refractivity contribution in [3.8, 4) is 5.75 Å². The Morgan fingerprint density at radius 3 is 2.92 bits per heavy atom. The number of carboxylic acids is 1. The monoisotopic (exact) mass is 328 g/mol. The van der Waals surface area contributed by atoms with Gasteiger partial charge in [0.1, 0.15) is 11.5 Å². The third-order valence-electron chi connectivity index (χ3n) is 4.12. The standard InChI is InChI=1S/C16H17BN2O5/c20-13(5-8-19-7-2-6-18-19)10-12-9-11-3-1-4-14(16(21)22)15(11)24-17(12)23/h1-4,6-7,12,23H,5,8-10H2,(H,21,22)/t12-/m1/s1. The van der Waals surface area contributed by atoms with E-state index >= 15 is 0 Å². The first-order valence-electron chi connectivity index (χ1n) is 7.73. The third-order valence-corrected chi connectivity index (χ3v) is 4.12. The van der Waals surface area contributed by atoms with Gasteiger partial charge in [-0.1, -0.05) is 12.1 Å². The first kappa shape index (κ1) is 16.3. The van der Waals surface area contributed by atoms with E-state index in [4.69, 9.17) is 4.65 Å². The number of carboxylic acid groups (broad SMARTS) is 1. The van der Waals surface area contributed by atoms with Crippen molar-refractivity contribution >= 4 is 18.9 Å². The highest BCUT2D eigenvalue weighted by atomic mass is 16.5. The average Bonchev–Trinajstić information content (AvgIpc) is 3.06. The number of ketones is 1. The number of hydrogen-bond acceptors (Lipinski definition) is 5. The predicted octanol–water partition coefficient (Wildman–Crippen LogP) is 1.42. The van der Waals surface area contributed by atoms with Crippen molar-refractivity contribution in [1.82, 2.24) is 9.78 Å². The van der Waals surface area contributed by atoms with E-state index < -0.39 is 13.1 Å². The van der Waals surface area contributed by atoms with Crippen LogP contribution in [0.3, 0.4) is 0 Å². The van der Waals surface area contributed by atoms with Crippen molar-refractivity contribution in [3.05, 3.63) is 47.8 Å². The molecule has 1 aromatic heterocycles. The van der Waals surface area contributed by atoms with Crippen LogP contribution < -0.4 is 4.65 Å². The highest BCUT2D eigenvalue weighted by Gasteiger charge is 2.37. The van der Waals surface area contributed by atoms with Crippen LogP contribution in [0.5, 0.6) is 5.75 Å². The fraction of sp³-hybridized carbons (Fsp3) is 0.312. The maximum atomic E-state index is 12.1. The molecule has 2 N–H and O–H groups in total. The molecule has 0 spiro atoms. The molecule has 24 heavy (non-hydrogen) atoms. The van der Waals surface area contributed by atoms with E-state index in [2.05, 4.69) is 5.10 Å². The number of Topliss-reactive ketones (excluding diaryl/α,β-unsaturated/α-hetero) is 1. The Balaban J connectivity index is 1.64. The average molecular weight is 328 g/mol. The molecule has 1 aliphatic heterocycles. The second-order valence-electron chi connectivity index (χ2n) is 5.83. The van der Waals surface area contributed by atoms with Crippen molar-refractivity contribution in [2.45, 2.75) is 31.6 Å². The summed E-state index contributed by atoms with van der Waals surface area (Å²) in [5.74, 6) is -1.28. The lowest BCUT2D eigenvalue weighted by Gasteiger charge is -2.28. The molecule has 2 aromatic rings. The number of aromatic nitrogens is 2. The van der Waals surface area contributed by atoms with E-state index in [0.717, 1.165) is 0 Å². The fourth-order valence-electron chi connectivity index (χ4n) is 2.89. The maximum absolute atomic E-state index is 12.1. The van der Waals surface area contributed by atoms with Crippen molar-refractivity contribution in [3.63, 3.8) is 0 Å². The Hall–Kier alpha value is -2.61. The molecule has 0 radical (unpaired) electrons. The Morgan fingerprint density at radius 2 is 2.21 bits per heavy atom. The van der Waals surface area contributed by atoms with Gasteiger partial charge in [-0.2, -0.15) is 5.10 Å². The van der Waals surface area contributed by atoms with Crippen molar-refractivity contribution < 1.29 is 24.4 Å². The highest BCUT2D eigenvalue weighted by Crippen LogP contribution is 2.36. The summed E-state index contributed by atoms with van der Waals surface area (Å²) in [6, 6.07) is 6.62. The van der Waals surface area contributed by atoms with Gasteiger partial charge in [-0.3, -0.25) is 9.48 Å². The number of carbonyl (C=O) groups is 2. The minimum atomic E-state index is -1.19. The second-order valence-corrected chi connectivity index (χ2v) is 5.83. The number of nitrogens with zero attached hydrogens (tertiary/aromatic N) is 2. The van der Waals surface area contributed by atoms with E-state index in [9.17, 15) is 19.7 Å². The molecule has 7 nitrogen and oxygen atoms in total. The third kappa shape index (κ3) is 3.49. The summed E-state index contributed by atoms with van der Waals surface area (Å²) in [5.41, 5.74) is 0.722. The largest absolute Gasteiger partial charge is 0.535 e. The number of carbonyl (C=O) groups excluding carboxylic acids is 1. The predicted molar refractivity (Wildman–Crippen MR) is 85.9 cm³/mol. The minimum absolute atomic E-state index is 0.0102. The zero-order valence-corrected chi connectivity index (χ0v) is 13.0. The van der Waals surface area contributed by atoms with Gasteiger partial charge in [0.05, 0.1) is 5.56 Å². The Labute approximate surface area is 139 Å². The first-order chi connectivity index (χ1) is 11.5. The molecule has 0 saturated carbocycles. The molecule has 0 unspecified atom stereocenters. The van der Waals surface area contributed by atoms with Crippen LogP contribution in [0.15, 0.2) is 36.7 Å². The molecule has 8 heteroatoms. The lowest BCUT2D eigenvalue weighted by Crippen LogP contribution is -2.35. The molecule has 0 aliphatic carbocycles. The topological polar surface area (TPSA) is 102 Å². The number of fused-ring (bicyclic) bond motifs is 1. The minimum Gasteiger partial charge on any atom is -0.535 e. The quantitative estimate of drug-likeness (QED) is 0.778. The molecule has 0 amide bonds. The van der Waals surface area contributed by atoms with E-state index in [0.29, 0.717) is 24.9 Å². The van der Waals surface area contributed by atoms with Gasteiger partial charge in [0.15, 0.2) is 0 Å². The highest BCUT2D eigenvalue weighted by molar-refractivity contribution is 6.47. The summed E-state index contributed by atoms with van der Waals surface area (Å²) in [4.78, 5) is 23.3. The molecule has 0 bridgehead atoms. The van der Waals surface area contributed by atoms with Crippen LogP contribution in [0, 0.1) is 0 Å². The molecule has 0 saturated heterocycles. The van der Waals surface area contributed by atoms with E-state index in [1.165, 1.54) is 6.07 Å². The van der Waals surface area contributed by atoms with E-state index in [1.807, 2.05) is 0 Å². The van der Waals surface area contributed by atoms with Gasteiger partial charge in [0.2, 0.25) is 0 Å². The van der Waals surface area contributed by atoms with Gasteiger partial charge in [0.25, 0.3) is 0 Å². The Morgan fingerprint density at radius 1 is 1.38 bits per heavy atom. The SMILES string of the molecule is O=C(CCn1cccn1)C[C@H]1Cc2cccc(C(=O)O)c2OB1O. The van der Waals surface area contributed by atoms with Crippen molar-refractivity contribution in [1.29, 1.82) is 0 Å². The van der Waals surface area contributed by atoms with E-state index in [1.54, 1.807) is 35.3 Å². The summed E-state index contributed by atoms with van der Waals surface area (Å²) < 4.78 is 7.07. The van der Waals surface area contributed by atoms with Crippen molar-refractivity contribution in [2.24, 2.45) is 0 Å². The van der Waals surface area contributed by atoms with Gasteiger partial charge in [-0.25, -0.2) is 4.79 Å². The summed E-state index contributed by atoms with van der Waals surface area (Å²) in [5, 5.41) is 23.4. The summed E-state index contributed by atoms with van der Waals surface area (Å²) in [7, 11) is -1.19. The van der Waals surface area contributed by atoms with Crippen LogP contribution in [-0.2, 0) is 17.8 Å². The van der Waals surface area contributed by atoms with Crippen LogP contribution in [0.25, 0.3) is 0 Å². The number of aryl methyl sites for hydroxylation is 1. The first-order valence-corrected chi connectivity index (χ1v) is 7.73. The molecule has 0 fully saturated rings. The molecule has 1 aromatic carbocycles. The van der Waals surface area contributed by atoms with Gasteiger partial charge < -0.3 is 14.8 Å². The van der Waals surface area contributed by atoms with Gasteiger partial charge in [0, 0.05) is 37.6 Å². The van der Waals surface area contributed by atoms with Crippen LogP contribution in [0.1, 0.15) is 28.8 Å². The zero-order valence-electron chi connectivity index (χ0n) is 13.0. The summed E-state index contributed by atoms with van der Waals surface area (Å²) in [6.45, 7) is 0.495. The molecule has 1 aliphatic rings. The number of rotatable bonds is 6. The van der Waals surface area contributed by atoms with Gasteiger partial charge >= 0.3 is 13.1 Å². The lowest BCUT2D eigenvalue weighted by atomic mass is 9.64. The van der Waals surface area contributed by atoms with Gasteiger partial charge in [-0.05, 0) is 24.1 Å². The number of para-hydroxylation sites is 1. The molecule has 124 valence electrons. The van der Waals surface area contributed by atoms with Crippen LogP contribution in [0.2, 0.25) is 5.82 Å². The number of benzene rings is 1. The molecular formula is C16H17BN2O5.